The van der Waals surface area contributed by atoms with Gasteiger partial charge in [0.25, 0.3) is 0 Å². The SMILES string of the molecule is Cc1nn(C)c(CCCCNCC(C)C)c1Cl. The summed E-state index contributed by atoms with van der Waals surface area (Å²) in [4.78, 5) is 0. The smallest absolute Gasteiger partial charge is 0.0846 e. The van der Waals surface area contributed by atoms with E-state index < -0.39 is 0 Å². The summed E-state index contributed by atoms with van der Waals surface area (Å²) in [5, 5.41) is 8.60. The Bertz CT molecular complexity index is 345. The van der Waals surface area contributed by atoms with E-state index in [-0.39, 0.29) is 0 Å². The standard InChI is InChI=1S/C13H24ClN3/c1-10(2)9-15-8-6-5-7-12-13(14)11(3)16-17(12)4/h10,15H,5-9H2,1-4H3. The lowest BCUT2D eigenvalue weighted by atomic mass is 10.1. The minimum atomic E-state index is 0.726. The number of halogens is 1. The van der Waals surface area contributed by atoms with Crippen molar-refractivity contribution in [3.8, 4) is 0 Å². The predicted molar refractivity (Wildman–Crippen MR) is 73.6 cm³/mol. The van der Waals surface area contributed by atoms with Crippen LogP contribution in [0.4, 0.5) is 0 Å². The fourth-order valence-electron chi connectivity index (χ4n) is 1.88. The Morgan fingerprint density at radius 1 is 1.35 bits per heavy atom. The predicted octanol–water partition coefficient (Wildman–Crippen LogP) is 2.95. The molecule has 0 amide bonds. The third-order valence-corrected chi connectivity index (χ3v) is 3.32. The first-order valence-electron chi connectivity index (χ1n) is 6.41. The lowest BCUT2D eigenvalue weighted by molar-refractivity contribution is 0.532. The van der Waals surface area contributed by atoms with Gasteiger partial charge in [0.05, 0.1) is 16.4 Å². The quantitative estimate of drug-likeness (QED) is 0.762. The number of nitrogens with one attached hydrogen (secondary N) is 1. The van der Waals surface area contributed by atoms with Crippen molar-refractivity contribution < 1.29 is 0 Å². The van der Waals surface area contributed by atoms with Crippen LogP contribution in [-0.4, -0.2) is 22.9 Å². The zero-order valence-electron chi connectivity index (χ0n) is 11.4. The zero-order chi connectivity index (χ0) is 12.8. The average molecular weight is 258 g/mol. The fourth-order valence-corrected chi connectivity index (χ4v) is 2.14. The van der Waals surface area contributed by atoms with E-state index in [0.29, 0.717) is 0 Å². The van der Waals surface area contributed by atoms with Gasteiger partial charge in [-0.05, 0) is 45.2 Å². The molecule has 98 valence electrons. The Morgan fingerprint density at radius 2 is 2.06 bits per heavy atom. The first-order valence-corrected chi connectivity index (χ1v) is 6.78. The maximum absolute atomic E-state index is 6.20. The van der Waals surface area contributed by atoms with Crippen molar-refractivity contribution in [3.63, 3.8) is 0 Å². The van der Waals surface area contributed by atoms with E-state index in [2.05, 4.69) is 24.3 Å². The van der Waals surface area contributed by atoms with Gasteiger partial charge in [-0.15, -0.1) is 0 Å². The van der Waals surface area contributed by atoms with Crippen LogP contribution in [0, 0.1) is 12.8 Å². The van der Waals surface area contributed by atoms with E-state index in [9.17, 15) is 0 Å². The summed E-state index contributed by atoms with van der Waals surface area (Å²) in [6.07, 6.45) is 3.36. The highest BCUT2D eigenvalue weighted by molar-refractivity contribution is 6.31. The second-order valence-corrected chi connectivity index (χ2v) is 5.40. The average Bonchev–Trinajstić information content (AvgIpc) is 2.48. The highest BCUT2D eigenvalue weighted by atomic mass is 35.5. The molecule has 1 aromatic heterocycles. The van der Waals surface area contributed by atoms with E-state index in [1.54, 1.807) is 0 Å². The third-order valence-electron chi connectivity index (χ3n) is 2.83. The molecule has 0 aromatic carbocycles. The van der Waals surface area contributed by atoms with Crippen LogP contribution >= 0.6 is 11.6 Å². The molecule has 0 fully saturated rings. The van der Waals surface area contributed by atoms with Gasteiger partial charge in [0.2, 0.25) is 0 Å². The molecule has 0 radical (unpaired) electrons. The van der Waals surface area contributed by atoms with Crippen LogP contribution in [0.1, 0.15) is 38.1 Å². The van der Waals surface area contributed by atoms with Crippen molar-refractivity contribution in [3.05, 3.63) is 16.4 Å². The van der Waals surface area contributed by atoms with E-state index in [0.717, 1.165) is 48.3 Å². The normalized spacial score (nSPS) is 11.4. The van der Waals surface area contributed by atoms with Crippen LogP contribution in [0.2, 0.25) is 5.02 Å². The van der Waals surface area contributed by atoms with Crippen LogP contribution in [-0.2, 0) is 13.5 Å². The van der Waals surface area contributed by atoms with Gasteiger partial charge in [-0.1, -0.05) is 25.4 Å². The van der Waals surface area contributed by atoms with Gasteiger partial charge in [0, 0.05) is 7.05 Å². The van der Waals surface area contributed by atoms with Gasteiger partial charge in [0.1, 0.15) is 0 Å². The van der Waals surface area contributed by atoms with Crippen LogP contribution in [0.3, 0.4) is 0 Å². The molecule has 0 spiro atoms. The number of aromatic nitrogens is 2. The van der Waals surface area contributed by atoms with Gasteiger partial charge >= 0.3 is 0 Å². The molecular formula is C13H24ClN3. The van der Waals surface area contributed by atoms with E-state index in [1.165, 1.54) is 6.42 Å². The number of nitrogens with zero attached hydrogens (tertiary/aromatic N) is 2. The molecule has 1 rings (SSSR count). The first-order chi connectivity index (χ1) is 8.02. The van der Waals surface area contributed by atoms with E-state index >= 15 is 0 Å². The summed E-state index contributed by atoms with van der Waals surface area (Å²) in [5.74, 6) is 0.726. The van der Waals surface area contributed by atoms with Crippen LogP contribution < -0.4 is 5.32 Å². The molecule has 3 nitrogen and oxygen atoms in total. The lowest BCUT2D eigenvalue weighted by Crippen LogP contribution is -2.20. The largest absolute Gasteiger partial charge is 0.316 e. The summed E-state index contributed by atoms with van der Waals surface area (Å²) in [6, 6.07) is 0. The van der Waals surface area contributed by atoms with Crippen molar-refractivity contribution in [2.24, 2.45) is 13.0 Å². The molecule has 17 heavy (non-hydrogen) atoms. The molecule has 0 saturated heterocycles. The second-order valence-electron chi connectivity index (χ2n) is 5.02. The minimum Gasteiger partial charge on any atom is -0.316 e. The number of aryl methyl sites for hydroxylation is 2. The molecule has 0 aliphatic heterocycles. The Hall–Kier alpha value is -0.540. The molecule has 1 heterocycles. The Balaban J connectivity index is 2.22. The van der Waals surface area contributed by atoms with Gasteiger partial charge in [-0.2, -0.15) is 5.10 Å². The Morgan fingerprint density at radius 3 is 2.59 bits per heavy atom. The molecule has 1 N–H and O–H groups in total. The van der Waals surface area contributed by atoms with Crippen LogP contribution in [0.15, 0.2) is 0 Å². The molecule has 0 atom stereocenters. The maximum Gasteiger partial charge on any atom is 0.0846 e. The van der Waals surface area contributed by atoms with Crippen molar-refractivity contribution in [2.75, 3.05) is 13.1 Å². The van der Waals surface area contributed by atoms with Gasteiger partial charge in [-0.25, -0.2) is 0 Å². The number of hydrogen-bond acceptors (Lipinski definition) is 2. The Kier molecular flexibility index (Phi) is 6.00. The first kappa shape index (κ1) is 14.5. The van der Waals surface area contributed by atoms with Gasteiger partial charge in [0.15, 0.2) is 0 Å². The maximum atomic E-state index is 6.20. The molecule has 1 aromatic rings. The lowest BCUT2D eigenvalue weighted by Gasteiger charge is -2.07. The molecule has 0 saturated carbocycles. The third kappa shape index (κ3) is 4.68. The van der Waals surface area contributed by atoms with Gasteiger partial charge in [-0.3, -0.25) is 4.68 Å². The minimum absolute atomic E-state index is 0.726. The summed E-state index contributed by atoms with van der Waals surface area (Å²) in [7, 11) is 1.96. The molecule has 0 aliphatic carbocycles. The van der Waals surface area contributed by atoms with E-state index in [1.807, 2.05) is 18.7 Å². The second kappa shape index (κ2) is 7.02. The number of hydrogen-bond donors (Lipinski definition) is 1. The summed E-state index contributed by atoms with van der Waals surface area (Å²) >= 11 is 6.20. The highest BCUT2D eigenvalue weighted by Crippen LogP contribution is 2.20. The molecule has 0 bridgehead atoms. The highest BCUT2D eigenvalue weighted by Gasteiger charge is 2.09. The summed E-state index contributed by atoms with van der Waals surface area (Å²) < 4.78 is 1.90. The van der Waals surface area contributed by atoms with E-state index in [4.69, 9.17) is 11.6 Å². The fraction of sp³-hybridized carbons (Fsp3) is 0.769. The summed E-state index contributed by atoms with van der Waals surface area (Å²) in [6.45, 7) is 8.60. The number of unbranched alkanes of at least 4 members (excludes halogenated alkanes) is 1. The van der Waals surface area contributed by atoms with Crippen LogP contribution in [0.25, 0.3) is 0 Å². The molecule has 0 unspecified atom stereocenters. The van der Waals surface area contributed by atoms with Crippen molar-refractivity contribution in [1.29, 1.82) is 0 Å². The molecule has 4 heteroatoms. The summed E-state index contributed by atoms with van der Waals surface area (Å²) in [5.41, 5.74) is 2.09. The topological polar surface area (TPSA) is 29.9 Å². The molecular weight excluding hydrogens is 234 g/mol. The monoisotopic (exact) mass is 257 g/mol. The number of rotatable bonds is 7. The Labute approximate surface area is 110 Å². The van der Waals surface area contributed by atoms with Gasteiger partial charge < -0.3 is 5.32 Å². The van der Waals surface area contributed by atoms with Crippen molar-refractivity contribution in [1.82, 2.24) is 15.1 Å². The van der Waals surface area contributed by atoms with Crippen molar-refractivity contribution >= 4 is 11.6 Å². The molecule has 0 aliphatic rings. The van der Waals surface area contributed by atoms with Crippen molar-refractivity contribution in [2.45, 2.75) is 40.0 Å². The van der Waals surface area contributed by atoms with Crippen LogP contribution in [0.5, 0.6) is 0 Å². The zero-order valence-corrected chi connectivity index (χ0v) is 12.1.